The Bertz CT molecular complexity index is 421. The van der Waals surface area contributed by atoms with Crippen molar-refractivity contribution in [3.05, 3.63) is 29.8 Å². The van der Waals surface area contributed by atoms with E-state index in [0.717, 1.165) is 18.4 Å². The molecule has 0 unspecified atom stereocenters. The Balaban J connectivity index is 2.29. The Morgan fingerprint density at radius 1 is 1.47 bits per heavy atom. The summed E-state index contributed by atoms with van der Waals surface area (Å²) in [6.07, 6.45) is 3.45. The first kappa shape index (κ1) is 12.0. The molecule has 3 nitrogen and oxygen atoms in total. The highest BCUT2D eigenvalue weighted by Crippen LogP contribution is 2.52. The number of phenolic OH excluding ortho intramolecular Hbond substituents is 1. The summed E-state index contributed by atoms with van der Waals surface area (Å²) in [5, 5.41) is 18.5. The van der Waals surface area contributed by atoms with Gasteiger partial charge in [-0.15, -0.1) is 0 Å². The standard InChI is InChI=1S/C14H18O3/c1-14(6-3-7-14)12(9-13(16)17)10-4-2-5-11(15)8-10/h2,4-5,8,12,15H,3,6-7,9H2,1H3,(H,16,17)/t12-/m0/s1. The number of rotatable bonds is 4. The highest BCUT2D eigenvalue weighted by atomic mass is 16.4. The van der Waals surface area contributed by atoms with Crippen LogP contribution in [0.1, 0.15) is 44.1 Å². The normalized spacial score (nSPS) is 19.4. The third kappa shape index (κ3) is 2.43. The fourth-order valence-corrected chi connectivity index (χ4v) is 2.77. The van der Waals surface area contributed by atoms with Crippen molar-refractivity contribution in [3.63, 3.8) is 0 Å². The van der Waals surface area contributed by atoms with E-state index in [-0.39, 0.29) is 23.5 Å². The quantitative estimate of drug-likeness (QED) is 0.841. The molecule has 1 aliphatic rings. The summed E-state index contributed by atoms with van der Waals surface area (Å²) in [6.45, 7) is 2.15. The van der Waals surface area contributed by atoms with Crippen LogP contribution in [0, 0.1) is 5.41 Å². The van der Waals surface area contributed by atoms with Crippen LogP contribution in [-0.2, 0) is 4.79 Å². The molecule has 1 atom stereocenters. The Hall–Kier alpha value is -1.51. The number of carbonyl (C=O) groups is 1. The van der Waals surface area contributed by atoms with E-state index >= 15 is 0 Å². The maximum atomic E-state index is 11.0. The lowest BCUT2D eigenvalue weighted by molar-refractivity contribution is -0.138. The third-order valence-electron chi connectivity index (χ3n) is 3.99. The number of phenols is 1. The number of aromatic hydroxyl groups is 1. The van der Waals surface area contributed by atoms with Gasteiger partial charge in [0.15, 0.2) is 0 Å². The van der Waals surface area contributed by atoms with E-state index in [1.807, 2.05) is 6.07 Å². The van der Waals surface area contributed by atoms with Crippen molar-refractivity contribution in [1.82, 2.24) is 0 Å². The van der Waals surface area contributed by atoms with Crippen molar-refractivity contribution in [2.45, 2.75) is 38.5 Å². The van der Waals surface area contributed by atoms with Gasteiger partial charge in [0.25, 0.3) is 0 Å². The predicted octanol–water partition coefficient (Wildman–Crippen LogP) is 3.14. The van der Waals surface area contributed by atoms with Crippen LogP contribution in [0.4, 0.5) is 0 Å². The molecule has 0 saturated heterocycles. The number of carboxylic acids is 1. The molecule has 1 fully saturated rings. The van der Waals surface area contributed by atoms with E-state index in [1.54, 1.807) is 18.2 Å². The molecule has 1 saturated carbocycles. The van der Waals surface area contributed by atoms with Crippen molar-refractivity contribution in [1.29, 1.82) is 0 Å². The van der Waals surface area contributed by atoms with Gasteiger partial charge in [-0.2, -0.15) is 0 Å². The van der Waals surface area contributed by atoms with Crippen LogP contribution in [0.15, 0.2) is 24.3 Å². The van der Waals surface area contributed by atoms with Gasteiger partial charge in [-0.05, 0) is 41.9 Å². The molecule has 1 aromatic carbocycles. The van der Waals surface area contributed by atoms with Crippen LogP contribution >= 0.6 is 0 Å². The van der Waals surface area contributed by atoms with Crippen LogP contribution in [0.3, 0.4) is 0 Å². The molecule has 0 radical (unpaired) electrons. The summed E-state index contributed by atoms with van der Waals surface area (Å²) in [5.74, 6) is -0.562. The maximum Gasteiger partial charge on any atom is 0.303 e. The number of benzene rings is 1. The number of hydrogen-bond acceptors (Lipinski definition) is 2. The second-order valence-electron chi connectivity index (χ2n) is 5.25. The summed E-state index contributed by atoms with van der Waals surface area (Å²) < 4.78 is 0. The molecule has 0 aromatic heterocycles. The molecule has 3 heteroatoms. The van der Waals surface area contributed by atoms with Crippen LogP contribution < -0.4 is 0 Å². The highest BCUT2D eigenvalue weighted by Gasteiger charge is 2.41. The molecular formula is C14H18O3. The SMILES string of the molecule is CC1([C@@H](CC(=O)O)c2cccc(O)c2)CCC1. The van der Waals surface area contributed by atoms with Gasteiger partial charge in [-0.1, -0.05) is 25.5 Å². The van der Waals surface area contributed by atoms with Gasteiger partial charge in [0.1, 0.15) is 5.75 Å². The lowest BCUT2D eigenvalue weighted by Crippen LogP contribution is -2.34. The number of hydrogen-bond donors (Lipinski definition) is 2. The van der Waals surface area contributed by atoms with Crippen LogP contribution in [-0.4, -0.2) is 16.2 Å². The second kappa shape index (κ2) is 4.40. The van der Waals surface area contributed by atoms with E-state index < -0.39 is 5.97 Å². The van der Waals surface area contributed by atoms with Crippen molar-refractivity contribution < 1.29 is 15.0 Å². The Labute approximate surface area is 101 Å². The highest BCUT2D eigenvalue weighted by molar-refractivity contribution is 5.68. The van der Waals surface area contributed by atoms with Gasteiger partial charge >= 0.3 is 5.97 Å². The first-order valence-corrected chi connectivity index (χ1v) is 6.02. The van der Waals surface area contributed by atoms with E-state index in [1.165, 1.54) is 6.42 Å². The number of carboxylic acid groups (broad SMARTS) is 1. The first-order valence-electron chi connectivity index (χ1n) is 6.02. The molecule has 2 N–H and O–H groups in total. The molecule has 1 aromatic rings. The molecular weight excluding hydrogens is 216 g/mol. The minimum absolute atomic E-state index is 0.000787. The van der Waals surface area contributed by atoms with Gasteiger partial charge in [0, 0.05) is 0 Å². The third-order valence-corrected chi connectivity index (χ3v) is 3.99. The van der Waals surface area contributed by atoms with Gasteiger partial charge < -0.3 is 10.2 Å². The smallest absolute Gasteiger partial charge is 0.303 e. The molecule has 92 valence electrons. The fourth-order valence-electron chi connectivity index (χ4n) is 2.77. The van der Waals surface area contributed by atoms with E-state index in [9.17, 15) is 9.90 Å². The topological polar surface area (TPSA) is 57.5 Å². The number of aliphatic carboxylic acids is 1. The van der Waals surface area contributed by atoms with Crippen molar-refractivity contribution in [2.75, 3.05) is 0 Å². The van der Waals surface area contributed by atoms with E-state index in [2.05, 4.69) is 6.92 Å². The molecule has 0 amide bonds. The van der Waals surface area contributed by atoms with Gasteiger partial charge in [-0.3, -0.25) is 4.79 Å². The zero-order valence-corrected chi connectivity index (χ0v) is 10.0. The zero-order valence-electron chi connectivity index (χ0n) is 10.0. The Kier molecular flexibility index (Phi) is 3.09. The fraction of sp³-hybridized carbons (Fsp3) is 0.500. The van der Waals surface area contributed by atoms with Gasteiger partial charge in [0.2, 0.25) is 0 Å². The minimum Gasteiger partial charge on any atom is -0.508 e. The maximum absolute atomic E-state index is 11.0. The Morgan fingerprint density at radius 3 is 2.65 bits per heavy atom. The molecule has 1 aliphatic carbocycles. The largest absolute Gasteiger partial charge is 0.508 e. The molecule has 0 heterocycles. The van der Waals surface area contributed by atoms with Crippen LogP contribution in [0.25, 0.3) is 0 Å². The predicted molar refractivity (Wildman–Crippen MR) is 65.1 cm³/mol. The first-order chi connectivity index (χ1) is 8.01. The lowest BCUT2D eigenvalue weighted by Gasteiger charge is -2.45. The van der Waals surface area contributed by atoms with Crippen LogP contribution in [0.5, 0.6) is 5.75 Å². The summed E-state index contributed by atoms with van der Waals surface area (Å²) >= 11 is 0. The van der Waals surface area contributed by atoms with Gasteiger partial charge in [-0.25, -0.2) is 0 Å². The second-order valence-corrected chi connectivity index (χ2v) is 5.25. The molecule has 2 rings (SSSR count). The van der Waals surface area contributed by atoms with Crippen molar-refractivity contribution in [2.24, 2.45) is 5.41 Å². The molecule has 0 spiro atoms. The summed E-state index contributed by atoms with van der Waals surface area (Å²) in [7, 11) is 0. The van der Waals surface area contributed by atoms with Crippen LogP contribution in [0.2, 0.25) is 0 Å². The van der Waals surface area contributed by atoms with E-state index in [0.29, 0.717) is 0 Å². The summed E-state index contributed by atoms with van der Waals surface area (Å²) in [5.41, 5.74) is 1.02. The molecule has 0 bridgehead atoms. The molecule has 0 aliphatic heterocycles. The van der Waals surface area contributed by atoms with Crippen molar-refractivity contribution in [3.8, 4) is 5.75 Å². The zero-order chi connectivity index (χ0) is 12.5. The molecule has 17 heavy (non-hydrogen) atoms. The van der Waals surface area contributed by atoms with E-state index in [4.69, 9.17) is 5.11 Å². The summed E-state index contributed by atoms with van der Waals surface area (Å²) in [6, 6.07) is 7.00. The average Bonchev–Trinajstić information content (AvgIpc) is 2.22. The monoisotopic (exact) mass is 234 g/mol. The minimum atomic E-state index is -0.772. The van der Waals surface area contributed by atoms with Gasteiger partial charge in [0.05, 0.1) is 6.42 Å². The van der Waals surface area contributed by atoms with Crippen molar-refractivity contribution >= 4 is 5.97 Å². The average molecular weight is 234 g/mol. The summed E-state index contributed by atoms with van der Waals surface area (Å²) in [4.78, 5) is 11.0. The Morgan fingerprint density at radius 2 is 2.18 bits per heavy atom. The lowest BCUT2D eigenvalue weighted by atomic mass is 9.60.